The third kappa shape index (κ3) is 3.76. The van der Waals surface area contributed by atoms with Gasteiger partial charge in [0.05, 0.1) is 0 Å². The number of rotatable bonds is 4. The Hall–Kier alpha value is -0.195. The van der Waals surface area contributed by atoms with Gasteiger partial charge in [0.2, 0.25) is 0 Å². The molecule has 0 aromatic rings. The van der Waals surface area contributed by atoms with E-state index in [2.05, 4.69) is 26.8 Å². The van der Waals surface area contributed by atoms with Crippen molar-refractivity contribution in [3.63, 3.8) is 0 Å². The van der Waals surface area contributed by atoms with Crippen molar-refractivity contribution in [2.75, 3.05) is 0 Å². The lowest BCUT2D eigenvalue weighted by molar-refractivity contribution is 0.680. The van der Waals surface area contributed by atoms with Crippen LogP contribution in [0.4, 0.5) is 0 Å². The molecule has 0 aliphatic rings. The minimum absolute atomic E-state index is 0.562. The summed E-state index contributed by atoms with van der Waals surface area (Å²) in [5.74, 6) is 0.562. The van der Waals surface area contributed by atoms with Crippen molar-refractivity contribution in [1.82, 2.24) is 0 Å². The zero-order chi connectivity index (χ0) is 7.98. The number of hydrogen-bond acceptors (Lipinski definition) is 0. The molecule has 0 aliphatic heterocycles. The van der Waals surface area contributed by atoms with Gasteiger partial charge in [0, 0.05) is 0 Å². The van der Waals surface area contributed by atoms with Crippen LogP contribution in [0.2, 0.25) is 0 Å². The Morgan fingerprint density at radius 3 is 2.50 bits per heavy atom. The molecule has 0 spiro atoms. The van der Waals surface area contributed by atoms with E-state index >= 15 is 0 Å². The third-order valence-corrected chi connectivity index (χ3v) is 1.85. The van der Waals surface area contributed by atoms with Gasteiger partial charge in [0.25, 0.3) is 0 Å². The van der Waals surface area contributed by atoms with Gasteiger partial charge in [0.1, 0.15) is 7.85 Å². The van der Waals surface area contributed by atoms with E-state index in [-0.39, 0.29) is 0 Å². The first kappa shape index (κ1) is 9.80. The average Bonchev–Trinajstić information content (AvgIpc) is 1.98. The van der Waals surface area contributed by atoms with Gasteiger partial charge in [-0.05, 0) is 12.3 Å². The van der Waals surface area contributed by atoms with Crippen molar-refractivity contribution in [3.8, 4) is 0 Å². The fraction of sp³-hybridized carbons (Fsp3) is 0.778. The molecule has 1 atom stereocenters. The van der Waals surface area contributed by atoms with Crippen molar-refractivity contribution >= 4 is 7.85 Å². The van der Waals surface area contributed by atoms with Gasteiger partial charge in [-0.25, -0.2) is 0 Å². The van der Waals surface area contributed by atoms with Crippen LogP contribution in [0.3, 0.4) is 0 Å². The third-order valence-electron chi connectivity index (χ3n) is 1.85. The molecular weight excluding hydrogens is 119 g/mol. The maximum atomic E-state index is 5.77. The predicted molar refractivity (Wildman–Crippen MR) is 48.2 cm³/mol. The predicted octanol–water partition coefficient (Wildman–Crippen LogP) is 2.89. The van der Waals surface area contributed by atoms with Crippen LogP contribution in [0, 0.1) is 5.92 Å². The summed E-state index contributed by atoms with van der Waals surface area (Å²) in [6.07, 6.45) is 5.60. The molecule has 0 saturated carbocycles. The van der Waals surface area contributed by atoms with E-state index in [0.29, 0.717) is 5.92 Å². The highest BCUT2D eigenvalue weighted by atomic mass is 14.0. The molecule has 0 fully saturated rings. The Labute approximate surface area is 66.1 Å². The molecule has 0 aromatic carbocycles. The SMILES string of the molecule is [B]C(=CCCC)C(C)CC. The van der Waals surface area contributed by atoms with Crippen LogP contribution < -0.4 is 0 Å². The fourth-order valence-corrected chi connectivity index (χ4v) is 0.748. The second kappa shape index (κ2) is 5.58. The van der Waals surface area contributed by atoms with Gasteiger partial charge in [-0.2, -0.15) is 0 Å². The molecule has 0 N–H and O–H groups in total. The minimum atomic E-state index is 0.562. The topological polar surface area (TPSA) is 0 Å². The second-order valence-electron chi connectivity index (χ2n) is 2.80. The summed E-state index contributed by atoms with van der Waals surface area (Å²) in [6.45, 7) is 6.50. The molecular formula is C9H17B. The lowest BCUT2D eigenvalue weighted by atomic mass is 9.82. The summed E-state index contributed by atoms with van der Waals surface area (Å²) >= 11 is 0. The summed E-state index contributed by atoms with van der Waals surface area (Å²) in [5, 5.41) is 0. The molecule has 0 heterocycles. The van der Waals surface area contributed by atoms with Crippen LogP contribution in [-0.2, 0) is 0 Å². The van der Waals surface area contributed by atoms with Crippen molar-refractivity contribution in [2.24, 2.45) is 5.92 Å². The standard InChI is InChI=1S/C9H17B/c1-4-6-7-9(10)8(3)5-2/h7-8H,4-6H2,1-3H3. The summed E-state index contributed by atoms with van der Waals surface area (Å²) in [7, 11) is 5.77. The molecule has 0 nitrogen and oxygen atoms in total. The van der Waals surface area contributed by atoms with E-state index in [1.165, 1.54) is 6.42 Å². The first-order valence-corrected chi connectivity index (χ1v) is 4.17. The summed E-state index contributed by atoms with van der Waals surface area (Å²) < 4.78 is 0. The molecule has 1 heteroatoms. The number of hydrogen-bond donors (Lipinski definition) is 0. The zero-order valence-corrected chi connectivity index (χ0v) is 7.35. The van der Waals surface area contributed by atoms with Crippen LogP contribution in [0.1, 0.15) is 40.0 Å². The first-order valence-electron chi connectivity index (χ1n) is 4.17. The van der Waals surface area contributed by atoms with E-state index in [9.17, 15) is 0 Å². The van der Waals surface area contributed by atoms with Crippen LogP contribution >= 0.6 is 0 Å². The molecule has 2 radical (unpaired) electrons. The van der Waals surface area contributed by atoms with Crippen LogP contribution in [0.5, 0.6) is 0 Å². The van der Waals surface area contributed by atoms with E-state index in [1.807, 2.05) is 0 Å². The summed E-state index contributed by atoms with van der Waals surface area (Å²) in [5.41, 5.74) is 1.06. The largest absolute Gasteiger partial charge is 0.119 e. The Bertz CT molecular complexity index is 105. The number of unbranched alkanes of at least 4 members (excludes halogenated alkanes) is 1. The lowest BCUT2D eigenvalue weighted by Crippen LogP contribution is -1.96. The molecule has 0 amide bonds. The highest BCUT2D eigenvalue weighted by Gasteiger charge is 1.97. The van der Waals surface area contributed by atoms with E-state index < -0.39 is 0 Å². The maximum Gasteiger partial charge on any atom is 0.107 e. The van der Waals surface area contributed by atoms with E-state index in [1.54, 1.807) is 0 Å². The van der Waals surface area contributed by atoms with Gasteiger partial charge in [-0.15, -0.1) is 5.47 Å². The minimum Gasteiger partial charge on any atom is -0.119 e. The zero-order valence-electron chi connectivity index (χ0n) is 7.35. The number of allylic oxidation sites excluding steroid dienone is 2. The van der Waals surface area contributed by atoms with E-state index in [4.69, 9.17) is 7.85 Å². The molecule has 56 valence electrons. The van der Waals surface area contributed by atoms with Gasteiger partial charge in [0.15, 0.2) is 0 Å². The monoisotopic (exact) mass is 136 g/mol. The fourth-order valence-electron chi connectivity index (χ4n) is 0.748. The normalized spacial score (nSPS) is 15.3. The smallest absolute Gasteiger partial charge is 0.107 e. The van der Waals surface area contributed by atoms with Crippen LogP contribution in [0.15, 0.2) is 11.5 Å². The molecule has 0 bridgehead atoms. The lowest BCUT2D eigenvalue weighted by Gasteiger charge is -2.08. The highest BCUT2D eigenvalue weighted by Crippen LogP contribution is 2.11. The molecule has 1 unspecified atom stereocenters. The van der Waals surface area contributed by atoms with Gasteiger partial charge < -0.3 is 0 Å². The Balaban J connectivity index is 3.67. The Morgan fingerprint density at radius 2 is 2.10 bits per heavy atom. The van der Waals surface area contributed by atoms with Crippen LogP contribution in [0.25, 0.3) is 0 Å². The quantitative estimate of drug-likeness (QED) is 0.521. The summed E-state index contributed by atoms with van der Waals surface area (Å²) in [4.78, 5) is 0. The van der Waals surface area contributed by atoms with Gasteiger partial charge in [-0.1, -0.05) is 39.7 Å². The van der Waals surface area contributed by atoms with Gasteiger partial charge in [-0.3, -0.25) is 0 Å². The molecule has 0 saturated heterocycles. The van der Waals surface area contributed by atoms with Crippen molar-refractivity contribution in [1.29, 1.82) is 0 Å². The molecule has 0 aliphatic carbocycles. The van der Waals surface area contributed by atoms with Crippen molar-refractivity contribution < 1.29 is 0 Å². The Kier molecular flexibility index (Phi) is 5.47. The Morgan fingerprint density at radius 1 is 1.50 bits per heavy atom. The highest BCUT2D eigenvalue weighted by molar-refractivity contribution is 6.21. The average molecular weight is 136 g/mol. The summed E-state index contributed by atoms with van der Waals surface area (Å²) in [6, 6.07) is 0. The van der Waals surface area contributed by atoms with Crippen molar-refractivity contribution in [2.45, 2.75) is 40.0 Å². The maximum absolute atomic E-state index is 5.77. The second-order valence-corrected chi connectivity index (χ2v) is 2.80. The van der Waals surface area contributed by atoms with Gasteiger partial charge >= 0.3 is 0 Å². The first-order chi connectivity index (χ1) is 4.72. The van der Waals surface area contributed by atoms with Crippen LogP contribution in [-0.4, -0.2) is 7.85 Å². The molecule has 0 rings (SSSR count). The molecule has 10 heavy (non-hydrogen) atoms. The molecule has 0 aromatic heterocycles. The van der Waals surface area contributed by atoms with Crippen molar-refractivity contribution in [3.05, 3.63) is 11.5 Å². The van der Waals surface area contributed by atoms with E-state index in [0.717, 1.165) is 18.3 Å².